The summed E-state index contributed by atoms with van der Waals surface area (Å²) in [6.45, 7) is 1.83. The van der Waals surface area contributed by atoms with Crippen LogP contribution in [0.1, 0.15) is 22.8 Å². The van der Waals surface area contributed by atoms with E-state index in [2.05, 4.69) is 0 Å². The largest absolute Gasteiger partial charge is 0.294 e. The number of benzene rings is 1. The number of fused-ring (bicyclic) bond motifs is 1. The normalized spacial score (nSPS) is 20.5. The molecule has 2 rings (SSSR count). The molecule has 0 radical (unpaired) electrons. The van der Waals surface area contributed by atoms with Gasteiger partial charge in [0.2, 0.25) is 0 Å². The molecule has 0 N–H and O–H groups in total. The average molecular weight is 199 g/mol. The third-order valence-corrected chi connectivity index (χ3v) is 2.77. The van der Waals surface area contributed by atoms with Crippen LogP contribution in [-0.4, -0.2) is 5.78 Å². The molecule has 1 aromatic rings. The van der Waals surface area contributed by atoms with Gasteiger partial charge in [-0.1, -0.05) is 24.6 Å². The fourth-order valence-electron chi connectivity index (χ4n) is 1.70. The van der Waals surface area contributed by atoms with Gasteiger partial charge in [-0.3, -0.25) is 4.79 Å². The predicted molar refractivity (Wildman–Crippen MR) is 48.6 cm³/mol. The van der Waals surface area contributed by atoms with Crippen molar-refractivity contribution in [1.82, 2.24) is 0 Å². The van der Waals surface area contributed by atoms with Gasteiger partial charge in [0, 0.05) is 11.5 Å². The first-order valence-electron chi connectivity index (χ1n) is 4.12. The van der Waals surface area contributed by atoms with Crippen molar-refractivity contribution in [3.05, 3.63) is 34.1 Å². The van der Waals surface area contributed by atoms with Crippen LogP contribution in [0.15, 0.2) is 12.1 Å². The standard InChI is InChI=1S/C10H8ClFO/c1-5-4-6-2-3-7(12)9(11)8(6)10(5)13/h2-3,5H,4H2,1H3. The van der Waals surface area contributed by atoms with Crippen LogP contribution in [0.25, 0.3) is 0 Å². The van der Waals surface area contributed by atoms with E-state index in [9.17, 15) is 9.18 Å². The van der Waals surface area contributed by atoms with Crippen molar-refractivity contribution in [2.45, 2.75) is 13.3 Å². The number of carbonyl (C=O) groups is 1. The molecule has 0 spiro atoms. The molecular weight excluding hydrogens is 191 g/mol. The number of hydrogen-bond donors (Lipinski definition) is 0. The van der Waals surface area contributed by atoms with Gasteiger partial charge < -0.3 is 0 Å². The zero-order chi connectivity index (χ0) is 9.59. The summed E-state index contributed by atoms with van der Waals surface area (Å²) < 4.78 is 13.0. The molecule has 0 saturated carbocycles. The lowest BCUT2D eigenvalue weighted by atomic mass is 10.1. The third kappa shape index (κ3) is 1.17. The lowest BCUT2D eigenvalue weighted by Crippen LogP contribution is -2.03. The average Bonchev–Trinajstić information content (AvgIpc) is 2.37. The molecule has 0 fully saturated rings. The Labute approximate surface area is 80.5 Å². The van der Waals surface area contributed by atoms with Crippen LogP contribution in [0.5, 0.6) is 0 Å². The molecule has 0 amide bonds. The smallest absolute Gasteiger partial charge is 0.167 e. The number of rotatable bonds is 0. The summed E-state index contributed by atoms with van der Waals surface area (Å²) in [5, 5.41) is -0.0214. The fraction of sp³-hybridized carbons (Fsp3) is 0.300. The lowest BCUT2D eigenvalue weighted by Gasteiger charge is -2.00. The van der Waals surface area contributed by atoms with E-state index in [1.807, 2.05) is 6.92 Å². The maximum atomic E-state index is 13.0. The quantitative estimate of drug-likeness (QED) is 0.627. The molecule has 0 aliphatic heterocycles. The molecule has 0 aromatic heterocycles. The SMILES string of the molecule is CC1Cc2ccc(F)c(Cl)c2C1=O. The van der Waals surface area contributed by atoms with Crippen molar-refractivity contribution in [1.29, 1.82) is 0 Å². The Morgan fingerprint density at radius 3 is 2.92 bits per heavy atom. The topological polar surface area (TPSA) is 17.1 Å². The van der Waals surface area contributed by atoms with Crippen LogP contribution in [0.3, 0.4) is 0 Å². The summed E-state index contributed by atoms with van der Waals surface area (Å²) >= 11 is 5.70. The van der Waals surface area contributed by atoms with E-state index in [0.29, 0.717) is 12.0 Å². The molecule has 1 aliphatic rings. The van der Waals surface area contributed by atoms with Crippen molar-refractivity contribution in [2.75, 3.05) is 0 Å². The second-order valence-corrected chi connectivity index (χ2v) is 3.74. The Balaban J connectivity index is 2.66. The fourth-order valence-corrected chi connectivity index (χ4v) is 1.97. The van der Waals surface area contributed by atoms with E-state index in [1.165, 1.54) is 6.07 Å². The molecule has 1 aliphatic carbocycles. The molecule has 1 atom stereocenters. The van der Waals surface area contributed by atoms with E-state index in [1.54, 1.807) is 6.07 Å². The number of halogens is 2. The van der Waals surface area contributed by atoms with Crippen LogP contribution in [0, 0.1) is 11.7 Å². The number of ketones is 1. The van der Waals surface area contributed by atoms with Gasteiger partial charge in [0.05, 0.1) is 5.02 Å². The zero-order valence-corrected chi connectivity index (χ0v) is 7.86. The van der Waals surface area contributed by atoms with Crippen molar-refractivity contribution in [3.8, 4) is 0 Å². The van der Waals surface area contributed by atoms with Gasteiger partial charge in [-0.05, 0) is 18.1 Å². The summed E-state index contributed by atoms with van der Waals surface area (Å²) in [7, 11) is 0. The highest BCUT2D eigenvalue weighted by Crippen LogP contribution is 2.33. The summed E-state index contributed by atoms with van der Waals surface area (Å²) in [6.07, 6.45) is 0.675. The molecule has 0 heterocycles. The van der Waals surface area contributed by atoms with Crippen LogP contribution in [-0.2, 0) is 6.42 Å². The van der Waals surface area contributed by atoms with Gasteiger partial charge in [0.15, 0.2) is 5.78 Å². The molecule has 0 bridgehead atoms. The molecule has 1 nitrogen and oxygen atoms in total. The molecule has 1 aromatic carbocycles. The van der Waals surface area contributed by atoms with Gasteiger partial charge in [-0.15, -0.1) is 0 Å². The summed E-state index contributed by atoms with van der Waals surface area (Å²) in [4.78, 5) is 11.5. The van der Waals surface area contributed by atoms with E-state index in [0.717, 1.165) is 5.56 Å². The monoisotopic (exact) mass is 198 g/mol. The van der Waals surface area contributed by atoms with Crippen molar-refractivity contribution in [2.24, 2.45) is 5.92 Å². The molecule has 13 heavy (non-hydrogen) atoms. The van der Waals surface area contributed by atoms with Gasteiger partial charge in [-0.2, -0.15) is 0 Å². The second-order valence-electron chi connectivity index (χ2n) is 3.36. The number of Topliss-reactive ketones (excluding diaryl/α,β-unsaturated/α-hetero) is 1. The highest BCUT2D eigenvalue weighted by molar-refractivity contribution is 6.34. The lowest BCUT2D eigenvalue weighted by molar-refractivity contribution is 0.0946. The van der Waals surface area contributed by atoms with Crippen molar-refractivity contribution >= 4 is 17.4 Å². The number of hydrogen-bond acceptors (Lipinski definition) is 1. The summed E-state index contributed by atoms with van der Waals surface area (Å²) in [5.41, 5.74) is 1.25. The van der Waals surface area contributed by atoms with Crippen molar-refractivity contribution < 1.29 is 9.18 Å². The Kier molecular flexibility index (Phi) is 1.88. The molecular formula is C10H8ClFO. The van der Waals surface area contributed by atoms with Crippen molar-refractivity contribution in [3.63, 3.8) is 0 Å². The van der Waals surface area contributed by atoms with Gasteiger partial charge in [-0.25, -0.2) is 4.39 Å². The zero-order valence-electron chi connectivity index (χ0n) is 7.10. The van der Waals surface area contributed by atoms with Crippen LogP contribution < -0.4 is 0 Å². The Morgan fingerprint density at radius 2 is 2.23 bits per heavy atom. The minimum absolute atomic E-state index is 0.0214. The molecule has 3 heteroatoms. The maximum Gasteiger partial charge on any atom is 0.167 e. The van der Waals surface area contributed by atoms with Crippen LogP contribution in [0.4, 0.5) is 4.39 Å². The first-order valence-corrected chi connectivity index (χ1v) is 4.50. The summed E-state index contributed by atoms with van der Waals surface area (Å²) in [5.74, 6) is -0.614. The van der Waals surface area contributed by atoms with Crippen LogP contribution >= 0.6 is 11.6 Å². The van der Waals surface area contributed by atoms with Crippen LogP contribution in [0.2, 0.25) is 5.02 Å². The third-order valence-electron chi connectivity index (χ3n) is 2.40. The van der Waals surface area contributed by atoms with Gasteiger partial charge in [0.1, 0.15) is 5.82 Å². The van der Waals surface area contributed by atoms with Gasteiger partial charge >= 0.3 is 0 Å². The first-order chi connectivity index (χ1) is 6.11. The molecule has 68 valence electrons. The maximum absolute atomic E-state index is 13.0. The highest BCUT2D eigenvalue weighted by Gasteiger charge is 2.30. The highest BCUT2D eigenvalue weighted by atomic mass is 35.5. The Bertz CT molecular complexity index is 387. The van der Waals surface area contributed by atoms with E-state index in [4.69, 9.17) is 11.6 Å². The predicted octanol–water partition coefficient (Wildman–Crippen LogP) is 2.85. The first kappa shape index (κ1) is 8.70. The molecule has 1 unspecified atom stereocenters. The van der Waals surface area contributed by atoms with E-state index in [-0.39, 0.29) is 16.7 Å². The second kappa shape index (κ2) is 2.81. The Morgan fingerprint density at radius 1 is 1.54 bits per heavy atom. The van der Waals surface area contributed by atoms with Gasteiger partial charge in [0.25, 0.3) is 0 Å². The Hall–Kier alpha value is -0.890. The minimum atomic E-state index is -0.511. The summed E-state index contributed by atoms with van der Waals surface area (Å²) in [6, 6.07) is 2.95. The number of carbonyl (C=O) groups excluding carboxylic acids is 1. The van der Waals surface area contributed by atoms with E-state index >= 15 is 0 Å². The molecule has 0 saturated heterocycles. The van der Waals surface area contributed by atoms with E-state index < -0.39 is 5.82 Å². The minimum Gasteiger partial charge on any atom is -0.294 e.